The maximum absolute atomic E-state index is 13.9. The molecule has 0 spiro atoms. The number of fused-ring (bicyclic) bond motifs is 4. The number of benzene rings is 2. The van der Waals surface area contributed by atoms with Crippen molar-refractivity contribution in [3.8, 4) is 5.75 Å². The molecule has 3 aliphatic heterocycles. The van der Waals surface area contributed by atoms with E-state index in [0.29, 0.717) is 22.7 Å². The minimum atomic E-state index is -4.42. The molecule has 3 fully saturated rings. The van der Waals surface area contributed by atoms with Crippen LogP contribution < -0.4 is 4.74 Å². The lowest BCUT2D eigenvalue weighted by Crippen LogP contribution is -2.67. The summed E-state index contributed by atoms with van der Waals surface area (Å²) in [6.07, 6.45) is 0.00629. The van der Waals surface area contributed by atoms with Crippen LogP contribution >= 0.6 is 0 Å². The van der Waals surface area contributed by atoms with E-state index in [2.05, 4.69) is 11.6 Å². The molecule has 4 unspecified atom stereocenters. The van der Waals surface area contributed by atoms with Crippen LogP contribution in [0.1, 0.15) is 35.6 Å². The van der Waals surface area contributed by atoms with Crippen LogP contribution in [-0.2, 0) is 12.7 Å². The zero-order chi connectivity index (χ0) is 24.8. The molecule has 3 aliphatic rings. The van der Waals surface area contributed by atoms with Gasteiger partial charge in [0.05, 0.1) is 31.3 Å². The minimum Gasteiger partial charge on any atom is -0.497 e. The van der Waals surface area contributed by atoms with E-state index in [4.69, 9.17) is 4.74 Å². The third kappa shape index (κ3) is 4.21. The summed E-state index contributed by atoms with van der Waals surface area (Å²) in [4.78, 5) is 4.43. The second kappa shape index (κ2) is 8.95. The molecular weight excluding hydrogens is 453 g/mol. The lowest BCUT2D eigenvalue weighted by atomic mass is 9.71. The predicted octanol–water partition coefficient (Wildman–Crippen LogP) is 5.91. The number of alkyl halides is 3. The van der Waals surface area contributed by atoms with Gasteiger partial charge in [0.15, 0.2) is 0 Å². The van der Waals surface area contributed by atoms with Gasteiger partial charge >= 0.3 is 6.18 Å². The van der Waals surface area contributed by atoms with Gasteiger partial charge in [-0.1, -0.05) is 24.3 Å². The summed E-state index contributed by atoms with van der Waals surface area (Å²) in [5.74, 6) is 1.26. The summed E-state index contributed by atoms with van der Waals surface area (Å²) in [5.41, 5.74) is 1.17. The van der Waals surface area contributed by atoms with Gasteiger partial charge in [0, 0.05) is 35.9 Å². The number of aromatic nitrogens is 1. The van der Waals surface area contributed by atoms with Crippen molar-refractivity contribution in [2.24, 2.45) is 11.8 Å². The highest BCUT2D eigenvalue weighted by molar-refractivity contribution is 5.83. The van der Waals surface area contributed by atoms with Crippen molar-refractivity contribution in [1.29, 1.82) is 0 Å². The quantitative estimate of drug-likeness (QED) is 0.350. The van der Waals surface area contributed by atoms with E-state index in [0.717, 1.165) is 41.9 Å². The topological polar surface area (TPSA) is 42.4 Å². The van der Waals surface area contributed by atoms with Gasteiger partial charge in [0.25, 0.3) is 0 Å². The highest BCUT2D eigenvalue weighted by Crippen LogP contribution is 2.49. The zero-order valence-corrected chi connectivity index (χ0v) is 19.7. The molecule has 184 valence electrons. The number of rotatable bonds is 6. The number of aliphatic hydroxyl groups excluding tert-OH is 1. The lowest BCUT2D eigenvalue weighted by molar-refractivity contribution is -0.985. The molecule has 6 rings (SSSR count). The Morgan fingerprint density at radius 2 is 2.03 bits per heavy atom. The standard InChI is InChI=1S/C28H30F3N2O2/c1-3-18-16-33(17-20-6-4-5-7-24(20)28(29,30)31)13-11-19(18)14-26(33)27(34)22-10-12-32-25-9-8-21(35-2)15-23(22)25/h3-10,12,15,18-19,26-27,34H,1,11,13-14,16-17H2,2H3/q+1/t18?,19?,26?,27-,33?/m1/s1. The predicted molar refractivity (Wildman–Crippen MR) is 129 cm³/mol. The van der Waals surface area contributed by atoms with Crippen molar-refractivity contribution < 1.29 is 27.5 Å². The van der Waals surface area contributed by atoms with E-state index in [1.54, 1.807) is 25.4 Å². The Labute approximate surface area is 203 Å². The van der Waals surface area contributed by atoms with Crippen LogP contribution in [0.2, 0.25) is 0 Å². The van der Waals surface area contributed by atoms with Gasteiger partial charge in [0.2, 0.25) is 0 Å². The largest absolute Gasteiger partial charge is 0.497 e. The summed E-state index contributed by atoms with van der Waals surface area (Å²) in [5, 5.41) is 12.6. The van der Waals surface area contributed by atoms with Crippen molar-refractivity contribution in [3.05, 3.63) is 84.1 Å². The fourth-order valence-electron chi connectivity index (χ4n) is 6.39. The van der Waals surface area contributed by atoms with Crippen LogP contribution in [0.15, 0.2) is 67.4 Å². The summed E-state index contributed by atoms with van der Waals surface area (Å²) in [7, 11) is 1.59. The Morgan fingerprint density at radius 3 is 2.77 bits per heavy atom. The molecule has 0 amide bonds. The van der Waals surface area contributed by atoms with E-state index in [1.165, 1.54) is 6.07 Å². The van der Waals surface area contributed by atoms with Crippen molar-refractivity contribution in [1.82, 2.24) is 4.98 Å². The van der Waals surface area contributed by atoms with Gasteiger partial charge in [-0.25, -0.2) is 0 Å². The molecule has 5 atom stereocenters. The Morgan fingerprint density at radius 1 is 1.23 bits per heavy atom. The number of hydrogen-bond donors (Lipinski definition) is 1. The molecule has 0 aliphatic carbocycles. The molecule has 0 radical (unpaired) electrons. The molecule has 3 aromatic rings. The monoisotopic (exact) mass is 483 g/mol. The van der Waals surface area contributed by atoms with Gasteiger partial charge in [-0.3, -0.25) is 4.98 Å². The van der Waals surface area contributed by atoms with Crippen LogP contribution in [0.5, 0.6) is 5.75 Å². The Bertz CT molecular complexity index is 1240. The maximum atomic E-state index is 13.9. The summed E-state index contributed by atoms with van der Waals surface area (Å²) in [6.45, 7) is 5.64. The van der Waals surface area contributed by atoms with E-state index >= 15 is 0 Å². The molecule has 1 N–H and O–H groups in total. The van der Waals surface area contributed by atoms with E-state index in [1.807, 2.05) is 30.3 Å². The van der Waals surface area contributed by atoms with Crippen LogP contribution in [0.4, 0.5) is 13.2 Å². The first-order valence-corrected chi connectivity index (χ1v) is 12.0. The number of quaternary nitrogens is 1. The van der Waals surface area contributed by atoms with Gasteiger partial charge in [-0.05, 0) is 41.8 Å². The average Bonchev–Trinajstić information content (AvgIpc) is 2.87. The zero-order valence-electron chi connectivity index (χ0n) is 19.7. The Hall–Kier alpha value is -2.90. The van der Waals surface area contributed by atoms with Gasteiger partial charge < -0.3 is 14.3 Å². The number of hydrogen-bond acceptors (Lipinski definition) is 3. The van der Waals surface area contributed by atoms with Gasteiger partial charge in [0.1, 0.15) is 24.4 Å². The molecule has 0 saturated carbocycles. The van der Waals surface area contributed by atoms with Crippen molar-refractivity contribution >= 4 is 10.9 Å². The maximum Gasteiger partial charge on any atom is 0.416 e. The molecule has 2 bridgehead atoms. The number of methoxy groups -OCH3 is 1. The van der Waals surface area contributed by atoms with Crippen molar-refractivity contribution in [2.45, 2.75) is 37.7 Å². The smallest absolute Gasteiger partial charge is 0.416 e. The normalized spacial score (nSPS) is 27.1. The molecule has 1 aromatic heterocycles. The molecule has 2 aromatic carbocycles. The van der Waals surface area contributed by atoms with E-state index in [-0.39, 0.29) is 24.1 Å². The summed E-state index contributed by atoms with van der Waals surface area (Å²) in [6, 6.07) is 13.0. The SMILES string of the molecule is C=CC1C[N+]2(Cc3ccccc3C(F)(F)F)CCC1CC2[C@H](O)c1ccnc2ccc(OC)cc12. The third-order valence-electron chi connectivity index (χ3n) is 8.15. The first-order valence-electron chi connectivity index (χ1n) is 12.0. The summed E-state index contributed by atoms with van der Waals surface area (Å²) >= 11 is 0. The number of pyridine rings is 1. The van der Waals surface area contributed by atoms with Gasteiger partial charge in [-0.2, -0.15) is 13.2 Å². The number of aliphatic hydroxyl groups is 1. The van der Waals surface area contributed by atoms with Crippen LogP contribution in [-0.4, -0.2) is 40.8 Å². The van der Waals surface area contributed by atoms with E-state index in [9.17, 15) is 18.3 Å². The number of piperidine rings is 3. The lowest BCUT2D eigenvalue weighted by Gasteiger charge is -2.58. The highest BCUT2D eigenvalue weighted by Gasteiger charge is 2.54. The molecule has 4 nitrogen and oxygen atoms in total. The molecule has 35 heavy (non-hydrogen) atoms. The average molecular weight is 484 g/mol. The minimum absolute atomic E-state index is 0.222. The Balaban J connectivity index is 1.59. The number of halogens is 3. The summed E-state index contributed by atoms with van der Waals surface area (Å²) < 4.78 is 47.4. The first-order chi connectivity index (χ1) is 16.8. The second-order valence-corrected chi connectivity index (χ2v) is 9.92. The molecule has 3 saturated heterocycles. The van der Waals surface area contributed by atoms with Crippen LogP contribution in [0.3, 0.4) is 0 Å². The fourth-order valence-corrected chi connectivity index (χ4v) is 6.39. The van der Waals surface area contributed by atoms with Crippen molar-refractivity contribution in [2.75, 3.05) is 20.2 Å². The first kappa shape index (κ1) is 23.8. The van der Waals surface area contributed by atoms with E-state index < -0.39 is 17.8 Å². The molecular formula is C28H30F3N2O2+. The second-order valence-electron chi connectivity index (χ2n) is 9.92. The van der Waals surface area contributed by atoms with Gasteiger partial charge in [-0.15, -0.1) is 6.58 Å². The number of nitrogens with zero attached hydrogens (tertiary/aromatic N) is 2. The highest BCUT2D eigenvalue weighted by atomic mass is 19.4. The fraction of sp³-hybridized carbons (Fsp3) is 0.393. The molecule has 7 heteroatoms. The molecule has 4 heterocycles. The van der Waals surface area contributed by atoms with Crippen molar-refractivity contribution in [3.63, 3.8) is 0 Å². The van der Waals surface area contributed by atoms with Crippen LogP contribution in [0, 0.1) is 11.8 Å². The third-order valence-corrected chi connectivity index (χ3v) is 8.15. The Kier molecular flexibility index (Phi) is 6.09. The van der Waals surface area contributed by atoms with Crippen LogP contribution in [0.25, 0.3) is 10.9 Å². The number of ether oxygens (including phenoxy) is 1.